The van der Waals surface area contributed by atoms with Gasteiger partial charge in [0.05, 0.1) is 6.61 Å². The Morgan fingerprint density at radius 3 is 2.60 bits per heavy atom. The van der Waals surface area contributed by atoms with Crippen molar-refractivity contribution in [3.05, 3.63) is 29.8 Å². The van der Waals surface area contributed by atoms with Crippen molar-refractivity contribution in [3.63, 3.8) is 0 Å². The van der Waals surface area contributed by atoms with Gasteiger partial charge in [-0.25, -0.2) is 4.79 Å². The van der Waals surface area contributed by atoms with Gasteiger partial charge in [0.15, 0.2) is 6.10 Å². The zero-order valence-electron chi connectivity index (χ0n) is 12.6. The summed E-state index contributed by atoms with van der Waals surface area (Å²) in [5, 5.41) is 0. The Hall–Kier alpha value is -1.55. The fraction of sp³-hybridized carbons (Fsp3) is 0.562. The van der Waals surface area contributed by atoms with Gasteiger partial charge in [0, 0.05) is 6.04 Å². The van der Waals surface area contributed by atoms with E-state index in [1.54, 1.807) is 6.92 Å². The molecule has 0 aliphatic rings. The maximum atomic E-state index is 11.7. The highest BCUT2D eigenvalue weighted by Crippen LogP contribution is 2.18. The third-order valence-electron chi connectivity index (χ3n) is 3.12. The van der Waals surface area contributed by atoms with Crippen molar-refractivity contribution in [3.8, 4) is 5.75 Å². The first-order chi connectivity index (χ1) is 9.60. The average molecular weight is 279 g/mol. The van der Waals surface area contributed by atoms with Gasteiger partial charge in [-0.05, 0) is 43.9 Å². The van der Waals surface area contributed by atoms with Gasteiger partial charge in [-0.2, -0.15) is 0 Å². The lowest BCUT2D eigenvalue weighted by Gasteiger charge is -2.17. The molecule has 2 N–H and O–H groups in total. The standard InChI is InChI=1S/C16H25NO3/c1-4-13(17)10-12-8-7-9-14(11-12)20-15(5-2)16(18)19-6-3/h7-9,11,13,15H,4-6,10,17H2,1-3H3. The molecule has 1 aromatic carbocycles. The average Bonchev–Trinajstić information content (AvgIpc) is 2.45. The number of nitrogens with two attached hydrogens (primary N) is 1. The van der Waals surface area contributed by atoms with E-state index in [0.717, 1.165) is 18.4 Å². The Morgan fingerprint density at radius 1 is 1.25 bits per heavy atom. The second-order valence-electron chi connectivity index (χ2n) is 4.79. The molecule has 0 aliphatic carbocycles. The number of rotatable bonds is 8. The minimum absolute atomic E-state index is 0.150. The monoisotopic (exact) mass is 279 g/mol. The lowest BCUT2D eigenvalue weighted by Crippen LogP contribution is -2.28. The Morgan fingerprint density at radius 2 is 2.00 bits per heavy atom. The molecule has 4 nitrogen and oxygen atoms in total. The van der Waals surface area contributed by atoms with Crippen LogP contribution in [0.2, 0.25) is 0 Å². The Balaban J connectivity index is 2.71. The van der Waals surface area contributed by atoms with Crippen LogP contribution in [0.1, 0.15) is 39.2 Å². The topological polar surface area (TPSA) is 61.5 Å². The molecule has 1 rings (SSSR count). The first kappa shape index (κ1) is 16.5. The summed E-state index contributed by atoms with van der Waals surface area (Å²) in [5.41, 5.74) is 7.08. The van der Waals surface area contributed by atoms with E-state index >= 15 is 0 Å². The quantitative estimate of drug-likeness (QED) is 0.743. The predicted molar refractivity (Wildman–Crippen MR) is 79.8 cm³/mol. The highest BCUT2D eigenvalue weighted by Gasteiger charge is 2.19. The van der Waals surface area contributed by atoms with E-state index in [0.29, 0.717) is 18.8 Å². The molecule has 2 unspecified atom stereocenters. The van der Waals surface area contributed by atoms with Crippen molar-refractivity contribution in [2.75, 3.05) is 6.61 Å². The number of hydrogen-bond acceptors (Lipinski definition) is 4. The van der Waals surface area contributed by atoms with Crippen molar-refractivity contribution in [2.45, 2.75) is 52.2 Å². The number of hydrogen-bond donors (Lipinski definition) is 1. The molecular formula is C16H25NO3. The molecule has 112 valence electrons. The van der Waals surface area contributed by atoms with E-state index in [1.807, 2.05) is 31.2 Å². The molecule has 1 aromatic rings. The first-order valence-corrected chi connectivity index (χ1v) is 7.28. The smallest absolute Gasteiger partial charge is 0.347 e. The SMILES string of the molecule is CCOC(=O)C(CC)Oc1cccc(CC(N)CC)c1. The molecule has 0 aromatic heterocycles. The number of benzene rings is 1. The zero-order valence-corrected chi connectivity index (χ0v) is 12.6. The Labute approximate surface area is 121 Å². The fourth-order valence-corrected chi connectivity index (χ4v) is 1.89. The van der Waals surface area contributed by atoms with Crippen LogP contribution in [0.3, 0.4) is 0 Å². The van der Waals surface area contributed by atoms with Gasteiger partial charge in [0.2, 0.25) is 0 Å². The normalized spacial score (nSPS) is 13.6. The first-order valence-electron chi connectivity index (χ1n) is 7.28. The van der Waals surface area contributed by atoms with Crippen molar-refractivity contribution in [1.29, 1.82) is 0 Å². The minimum Gasteiger partial charge on any atom is -0.479 e. The Bertz CT molecular complexity index is 420. The van der Waals surface area contributed by atoms with E-state index < -0.39 is 6.10 Å². The van der Waals surface area contributed by atoms with Crippen molar-refractivity contribution >= 4 is 5.97 Å². The van der Waals surface area contributed by atoms with Crippen LogP contribution in [0.5, 0.6) is 5.75 Å². The second kappa shape index (κ2) is 8.59. The molecule has 0 saturated heterocycles. The number of carbonyl (C=O) groups excluding carboxylic acids is 1. The van der Waals surface area contributed by atoms with Gasteiger partial charge in [0.1, 0.15) is 5.75 Å². The van der Waals surface area contributed by atoms with Crippen LogP contribution in [0.15, 0.2) is 24.3 Å². The van der Waals surface area contributed by atoms with Gasteiger partial charge >= 0.3 is 5.97 Å². The molecule has 0 radical (unpaired) electrons. The summed E-state index contributed by atoms with van der Waals surface area (Å²) < 4.78 is 10.7. The number of carbonyl (C=O) groups is 1. The molecule has 0 heterocycles. The largest absolute Gasteiger partial charge is 0.479 e. The minimum atomic E-state index is -0.551. The summed E-state index contributed by atoms with van der Waals surface area (Å²) in [6.07, 6.45) is 1.78. The summed E-state index contributed by atoms with van der Waals surface area (Å²) >= 11 is 0. The van der Waals surface area contributed by atoms with Crippen LogP contribution in [0.25, 0.3) is 0 Å². The van der Waals surface area contributed by atoms with Crippen LogP contribution >= 0.6 is 0 Å². The molecular weight excluding hydrogens is 254 g/mol. The highest BCUT2D eigenvalue weighted by molar-refractivity contribution is 5.75. The Kier molecular flexibility index (Phi) is 7.09. The molecule has 0 amide bonds. The highest BCUT2D eigenvalue weighted by atomic mass is 16.6. The van der Waals surface area contributed by atoms with Crippen LogP contribution in [0.4, 0.5) is 0 Å². The van der Waals surface area contributed by atoms with E-state index in [2.05, 4.69) is 6.92 Å². The predicted octanol–water partition coefficient (Wildman–Crippen LogP) is 2.69. The van der Waals surface area contributed by atoms with E-state index in [-0.39, 0.29) is 12.0 Å². The van der Waals surface area contributed by atoms with E-state index in [1.165, 1.54) is 0 Å². The lowest BCUT2D eigenvalue weighted by molar-refractivity contribution is -0.151. The third-order valence-corrected chi connectivity index (χ3v) is 3.12. The van der Waals surface area contributed by atoms with E-state index in [4.69, 9.17) is 15.2 Å². The summed E-state index contributed by atoms with van der Waals surface area (Å²) in [6, 6.07) is 7.89. The maximum Gasteiger partial charge on any atom is 0.347 e. The maximum absolute atomic E-state index is 11.7. The molecule has 20 heavy (non-hydrogen) atoms. The fourth-order valence-electron chi connectivity index (χ4n) is 1.89. The summed E-state index contributed by atoms with van der Waals surface area (Å²) in [7, 11) is 0. The summed E-state index contributed by atoms with van der Waals surface area (Å²) in [4.78, 5) is 11.7. The van der Waals surface area contributed by atoms with Crippen LogP contribution in [-0.4, -0.2) is 24.7 Å². The van der Waals surface area contributed by atoms with Crippen molar-refractivity contribution in [1.82, 2.24) is 0 Å². The number of esters is 1. The van der Waals surface area contributed by atoms with Gasteiger partial charge in [-0.3, -0.25) is 0 Å². The molecule has 0 saturated carbocycles. The summed E-state index contributed by atoms with van der Waals surface area (Å²) in [5.74, 6) is 0.372. The second-order valence-corrected chi connectivity index (χ2v) is 4.79. The van der Waals surface area contributed by atoms with Crippen LogP contribution in [-0.2, 0) is 16.0 Å². The van der Waals surface area contributed by atoms with Crippen LogP contribution in [0, 0.1) is 0 Å². The molecule has 0 fully saturated rings. The van der Waals surface area contributed by atoms with Crippen molar-refractivity contribution < 1.29 is 14.3 Å². The molecule has 0 spiro atoms. The van der Waals surface area contributed by atoms with Gasteiger partial charge in [-0.1, -0.05) is 26.0 Å². The number of ether oxygens (including phenoxy) is 2. The van der Waals surface area contributed by atoms with Gasteiger partial charge < -0.3 is 15.2 Å². The third kappa shape index (κ3) is 5.21. The molecule has 0 bridgehead atoms. The zero-order chi connectivity index (χ0) is 15.0. The summed E-state index contributed by atoms with van der Waals surface area (Å²) in [6.45, 7) is 6.12. The lowest BCUT2D eigenvalue weighted by atomic mass is 10.0. The van der Waals surface area contributed by atoms with Crippen molar-refractivity contribution in [2.24, 2.45) is 5.73 Å². The van der Waals surface area contributed by atoms with Crippen LogP contribution < -0.4 is 10.5 Å². The van der Waals surface area contributed by atoms with Gasteiger partial charge in [-0.15, -0.1) is 0 Å². The van der Waals surface area contributed by atoms with E-state index in [9.17, 15) is 4.79 Å². The molecule has 4 heteroatoms. The van der Waals surface area contributed by atoms with Gasteiger partial charge in [0.25, 0.3) is 0 Å². The molecule has 0 aliphatic heterocycles. The molecule has 2 atom stereocenters.